The molecule has 0 aliphatic carbocycles. The number of hydrogen-bond donors (Lipinski definition) is 1. The second-order valence-corrected chi connectivity index (χ2v) is 8.21. The van der Waals surface area contributed by atoms with Crippen molar-refractivity contribution in [1.82, 2.24) is 10.2 Å². The molecule has 0 bridgehead atoms. The molecular weight excluding hydrogens is 280 g/mol. The van der Waals surface area contributed by atoms with Crippen molar-refractivity contribution in [3.63, 3.8) is 0 Å². The van der Waals surface area contributed by atoms with E-state index in [1.165, 1.54) is 0 Å². The van der Waals surface area contributed by atoms with Crippen molar-refractivity contribution < 1.29 is 9.59 Å². The van der Waals surface area contributed by atoms with E-state index in [2.05, 4.69) is 19.2 Å². The first-order valence-electron chi connectivity index (χ1n) is 6.80. The van der Waals surface area contributed by atoms with Crippen molar-refractivity contribution >= 4 is 35.3 Å². The van der Waals surface area contributed by atoms with Gasteiger partial charge >= 0.3 is 0 Å². The van der Waals surface area contributed by atoms with Crippen LogP contribution >= 0.6 is 23.5 Å². The van der Waals surface area contributed by atoms with Gasteiger partial charge in [0.15, 0.2) is 0 Å². The first-order chi connectivity index (χ1) is 9.00. The Balaban J connectivity index is 2.86. The van der Waals surface area contributed by atoms with Gasteiger partial charge < -0.3 is 10.2 Å². The number of carbonyl (C=O) groups is 2. The van der Waals surface area contributed by atoms with Gasteiger partial charge in [-0.25, -0.2) is 0 Å². The molecule has 1 N–H and O–H groups in total. The van der Waals surface area contributed by atoms with Crippen LogP contribution in [0, 0.1) is 0 Å². The molecule has 0 spiro atoms. The van der Waals surface area contributed by atoms with Crippen LogP contribution in [0.15, 0.2) is 0 Å². The second-order valence-electron chi connectivity index (χ2n) is 4.58. The number of amides is 2. The van der Waals surface area contributed by atoms with Crippen molar-refractivity contribution in [3.05, 3.63) is 0 Å². The predicted molar refractivity (Wildman–Crippen MR) is 83.5 cm³/mol. The zero-order chi connectivity index (χ0) is 14.5. The SMILES string of the molecule is CCSC(C)(SCC)C(=O)N1CCC[C@H]1C(=O)NC. The van der Waals surface area contributed by atoms with Crippen molar-refractivity contribution in [3.8, 4) is 0 Å². The number of nitrogens with one attached hydrogen (secondary N) is 1. The van der Waals surface area contributed by atoms with Gasteiger partial charge in [0.05, 0.1) is 0 Å². The van der Waals surface area contributed by atoms with E-state index in [1.54, 1.807) is 35.5 Å². The zero-order valence-corrected chi connectivity index (χ0v) is 13.8. The molecule has 0 unspecified atom stereocenters. The van der Waals surface area contributed by atoms with Crippen LogP contribution in [0.4, 0.5) is 0 Å². The summed E-state index contributed by atoms with van der Waals surface area (Å²) in [5.74, 6) is 1.84. The van der Waals surface area contributed by atoms with Gasteiger partial charge in [-0.1, -0.05) is 13.8 Å². The van der Waals surface area contributed by atoms with E-state index in [-0.39, 0.29) is 17.9 Å². The van der Waals surface area contributed by atoms with Gasteiger partial charge in [-0.15, -0.1) is 23.5 Å². The minimum absolute atomic E-state index is 0.0452. The Morgan fingerprint density at radius 3 is 2.37 bits per heavy atom. The van der Waals surface area contributed by atoms with Crippen LogP contribution in [0.25, 0.3) is 0 Å². The average Bonchev–Trinajstić information content (AvgIpc) is 2.86. The van der Waals surface area contributed by atoms with Gasteiger partial charge in [-0.3, -0.25) is 9.59 Å². The lowest BCUT2D eigenvalue weighted by Crippen LogP contribution is -2.50. The molecule has 0 aromatic heterocycles. The van der Waals surface area contributed by atoms with Gasteiger partial charge in [-0.05, 0) is 31.3 Å². The molecule has 4 nitrogen and oxygen atoms in total. The summed E-state index contributed by atoms with van der Waals surface area (Å²) in [7, 11) is 1.63. The fourth-order valence-corrected chi connectivity index (χ4v) is 5.05. The maximum absolute atomic E-state index is 12.8. The number of nitrogens with zero attached hydrogens (tertiary/aromatic N) is 1. The molecule has 1 aliphatic heterocycles. The van der Waals surface area contributed by atoms with Crippen LogP contribution in [0.3, 0.4) is 0 Å². The normalized spacial score (nSPS) is 19.6. The number of likely N-dealkylation sites (tertiary alicyclic amines) is 1. The highest BCUT2D eigenvalue weighted by molar-refractivity contribution is 8.19. The Morgan fingerprint density at radius 2 is 1.89 bits per heavy atom. The topological polar surface area (TPSA) is 49.4 Å². The molecule has 0 radical (unpaired) electrons. The lowest BCUT2D eigenvalue weighted by Gasteiger charge is -2.33. The van der Waals surface area contributed by atoms with E-state index >= 15 is 0 Å². The first kappa shape index (κ1) is 16.7. The van der Waals surface area contributed by atoms with Crippen LogP contribution < -0.4 is 5.32 Å². The summed E-state index contributed by atoms with van der Waals surface area (Å²) >= 11 is 3.32. The molecule has 1 rings (SSSR count). The molecule has 0 aromatic carbocycles. The Morgan fingerprint density at radius 1 is 1.32 bits per heavy atom. The summed E-state index contributed by atoms with van der Waals surface area (Å²) in [6, 6.07) is -0.285. The largest absolute Gasteiger partial charge is 0.357 e. The highest BCUT2D eigenvalue weighted by atomic mass is 32.2. The fourth-order valence-electron chi connectivity index (χ4n) is 2.43. The van der Waals surface area contributed by atoms with Crippen LogP contribution in [-0.4, -0.2) is 51.9 Å². The van der Waals surface area contributed by atoms with Gasteiger partial charge in [0.1, 0.15) is 10.1 Å². The van der Waals surface area contributed by atoms with E-state index in [0.29, 0.717) is 6.54 Å². The molecule has 1 aliphatic rings. The monoisotopic (exact) mass is 304 g/mol. The Kier molecular flexibility index (Phi) is 6.53. The lowest BCUT2D eigenvalue weighted by molar-refractivity contribution is -0.138. The fraction of sp³-hybridized carbons (Fsp3) is 0.846. The molecule has 2 amide bonds. The van der Waals surface area contributed by atoms with Crippen molar-refractivity contribution in [2.75, 3.05) is 25.1 Å². The molecule has 6 heteroatoms. The Hall–Kier alpha value is -0.360. The van der Waals surface area contributed by atoms with Crippen molar-refractivity contribution in [2.24, 2.45) is 0 Å². The molecule has 0 saturated carbocycles. The van der Waals surface area contributed by atoms with E-state index in [4.69, 9.17) is 0 Å². The number of hydrogen-bond acceptors (Lipinski definition) is 4. The van der Waals surface area contributed by atoms with Crippen LogP contribution in [-0.2, 0) is 9.59 Å². The third kappa shape index (κ3) is 3.81. The predicted octanol–water partition coefficient (Wildman–Crippen LogP) is 1.95. The minimum Gasteiger partial charge on any atom is -0.357 e. The molecule has 1 saturated heterocycles. The third-order valence-corrected chi connectivity index (χ3v) is 6.03. The summed E-state index contributed by atoms with van der Waals surface area (Å²) < 4.78 is -0.472. The van der Waals surface area contributed by atoms with E-state index in [9.17, 15) is 9.59 Å². The number of rotatable bonds is 6. The maximum Gasteiger partial charge on any atom is 0.249 e. The molecule has 19 heavy (non-hydrogen) atoms. The second kappa shape index (κ2) is 7.43. The van der Waals surface area contributed by atoms with Gasteiger partial charge in [0.2, 0.25) is 11.8 Å². The number of thioether (sulfide) groups is 2. The van der Waals surface area contributed by atoms with Gasteiger partial charge in [0.25, 0.3) is 0 Å². The molecule has 1 fully saturated rings. The standard InChI is InChI=1S/C13H24N2O2S2/c1-5-18-13(3,19-6-2)12(17)15-9-7-8-10(15)11(16)14-4/h10H,5-9H2,1-4H3,(H,14,16)/t10-/m0/s1. The average molecular weight is 304 g/mol. The Labute approximate surface area is 124 Å². The maximum atomic E-state index is 12.8. The highest BCUT2D eigenvalue weighted by Crippen LogP contribution is 2.39. The van der Waals surface area contributed by atoms with E-state index < -0.39 is 4.08 Å². The number of carbonyl (C=O) groups excluding carboxylic acids is 2. The quantitative estimate of drug-likeness (QED) is 0.762. The van der Waals surface area contributed by atoms with E-state index in [1.807, 2.05) is 6.92 Å². The summed E-state index contributed by atoms with van der Waals surface area (Å²) in [5, 5.41) is 2.66. The molecule has 1 atom stereocenters. The van der Waals surface area contributed by atoms with Gasteiger partial charge in [-0.2, -0.15) is 0 Å². The molecule has 110 valence electrons. The summed E-state index contributed by atoms with van der Waals surface area (Å²) in [6.45, 7) is 6.80. The summed E-state index contributed by atoms with van der Waals surface area (Å²) in [6.07, 6.45) is 1.68. The summed E-state index contributed by atoms with van der Waals surface area (Å²) in [4.78, 5) is 26.4. The van der Waals surface area contributed by atoms with Crippen LogP contribution in [0.2, 0.25) is 0 Å². The lowest BCUT2D eigenvalue weighted by atomic mass is 10.2. The summed E-state index contributed by atoms with van der Waals surface area (Å²) in [5.41, 5.74) is 0. The Bertz CT molecular complexity index is 331. The first-order valence-corrected chi connectivity index (χ1v) is 8.77. The minimum atomic E-state index is -0.472. The van der Waals surface area contributed by atoms with E-state index in [0.717, 1.165) is 24.3 Å². The highest BCUT2D eigenvalue weighted by Gasteiger charge is 2.43. The molecular formula is C13H24N2O2S2. The molecule has 1 heterocycles. The van der Waals surface area contributed by atoms with Crippen molar-refractivity contribution in [1.29, 1.82) is 0 Å². The third-order valence-electron chi connectivity index (χ3n) is 3.29. The molecule has 0 aromatic rings. The smallest absolute Gasteiger partial charge is 0.249 e. The van der Waals surface area contributed by atoms with Gasteiger partial charge in [0, 0.05) is 13.6 Å². The zero-order valence-electron chi connectivity index (χ0n) is 12.2. The van der Waals surface area contributed by atoms with Crippen LogP contribution in [0.1, 0.15) is 33.6 Å². The van der Waals surface area contributed by atoms with Crippen molar-refractivity contribution in [2.45, 2.75) is 43.7 Å². The van der Waals surface area contributed by atoms with Crippen LogP contribution in [0.5, 0.6) is 0 Å². The number of likely N-dealkylation sites (N-methyl/N-ethyl adjacent to an activating group) is 1.